The summed E-state index contributed by atoms with van der Waals surface area (Å²) in [4.78, 5) is 0. The molecule has 2 heterocycles. The van der Waals surface area contributed by atoms with Gasteiger partial charge in [0, 0.05) is 11.3 Å². The molecule has 1 aromatic rings. The fourth-order valence-electron chi connectivity index (χ4n) is 1.83. The second-order valence-electron chi connectivity index (χ2n) is 4.00. The highest BCUT2D eigenvalue weighted by molar-refractivity contribution is 8.00. The van der Waals surface area contributed by atoms with Crippen LogP contribution in [0.3, 0.4) is 0 Å². The number of aromatic nitrogens is 3. The smallest absolute Gasteiger partial charge is 0.225 e. The summed E-state index contributed by atoms with van der Waals surface area (Å²) in [6, 6.07) is 0. The Kier molecular flexibility index (Phi) is 2.75. The molecule has 1 atom stereocenters. The van der Waals surface area contributed by atoms with Crippen LogP contribution in [0.1, 0.15) is 25.6 Å². The molecule has 0 aromatic carbocycles. The lowest BCUT2D eigenvalue weighted by Crippen LogP contribution is -2.24. The van der Waals surface area contributed by atoms with Crippen molar-refractivity contribution in [3.8, 4) is 0 Å². The lowest BCUT2D eigenvalue weighted by molar-refractivity contribution is 0.503. The molecule has 14 heavy (non-hydrogen) atoms. The van der Waals surface area contributed by atoms with Gasteiger partial charge in [-0.1, -0.05) is 0 Å². The monoisotopic (exact) mass is 231 g/mol. The molecule has 2 rings (SSSR count). The van der Waals surface area contributed by atoms with E-state index in [1.165, 1.54) is 18.6 Å². The Morgan fingerprint density at radius 1 is 1.57 bits per heavy atom. The van der Waals surface area contributed by atoms with Crippen LogP contribution in [-0.4, -0.2) is 25.3 Å². The molecule has 0 bridgehead atoms. The average molecular weight is 232 g/mol. The number of nitrogens with zero attached hydrogens (tertiary/aromatic N) is 3. The number of halogens is 1. The van der Waals surface area contributed by atoms with E-state index in [0.29, 0.717) is 10.0 Å². The van der Waals surface area contributed by atoms with E-state index in [1.807, 2.05) is 23.3 Å². The van der Waals surface area contributed by atoms with Crippen molar-refractivity contribution in [1.82, 2.24) is 14.8 Å². The molecule has 1 unspecified atom stereocenters. The first-order valence-corrected chi connectivity index (χ1v) is 6.16. The summed E-state index contributed by atoms with van der Waals surface area (Å²) < 4.78 is 2.32. The summed E-state index contributed by atoms with van der Waals surface area (Å²) in [5, 5.41) is 8.33. The summed E-state index contributed by atoms with van der Waals surface area (Å²) >= 11 is 7.99. The lowest BCUT2D eigenvalue weighted by Gasteiger charge is -2.23. The van der Waals surface area contributed by atoms with Crippen molar-refractivity contribution in [1.29, 1.82) is 0 Å². The van der Waals surface area contributed by atoms with Crippen LogP contribution in [0.2, 0.25) is 5.28 Å². The van der Waals surface area contributed by atoms with E-state index in [-0.39, 0.29) is 0 Å². The van der Waals surface area contributed by atoms with Gasteiger partial charge in [0.05, 0.1) is 0 Å². The van der Waals surface area contributed by atoms with E-state index in [0.717, 1.165) is 12.4 Å². The zero-order chi connectivity index (χ0) is 10.2. The van der Waals surface area contributed by atoms with Crippen LogP contribution in [0, 0.1) is 6.92 Å². The van der Waals surface area contributed by atoms with Crippen molar-refractivity contribution in [2.45, 2.75) is 38.0 Å². The predicted molar refractivity (Wildman–Crippen MR) is 59.9 cm³/mol. The predicted octanol–water partition coefficient (Wildman–Crippen LogP) is 2.53. The van der Waals surface area contributed by atoms with Gasteiger partial charge in [-0.05, 0) is 44.0 Å². The Balaban J connectivity index is 2.17. The minimum absolute atomic E-state index is 0.316. The Morgan fingerprint density at radius 2 is 2.36 bits per heavy atom. The van der Waals surface area contributed by atoms with E-state index >= 15 is 0 Å². The van der Waals surface area contributed by atoms with Crippen LogP contribution in [0.25, 0.3) is 0 Å². The third kappa shape index (κ3) is 1.91. The Hall–Kier alpha value is -0.220. The minimum Gasteiger partial charge on any atom is -0.301 e. The molecule has 1 aliphatic rings. The van der Waals surface area contributed by atoms with Gasteiger partial charge in [-0.2, -0.15) is 11.8 Å². The quantitative estimate of drug-likeness (QED) is 0.784. The third-order valence-electron chi connectivity index (χ3n) is 2.68. The fourth-order valence-corrected chi connectivity index (χ4v) is 3.34. The third-order valence-corrected chi connectivity index (χ3v) is 4.49. The molecule has 3 nitrogen and oxygen atoms in total. The zero-order valence-electron chi connectivity index (χ0n) is 8.46. The molecule has 1 aromatic heterocycles. The Labute approximate surface area is 93.2 Å². The standard InChI is InChI=1S/C9H14ClN3S/c1-7-11-12-8(10)13(7)6-9(2)4-3-5-14-9/h3-6H2,1-2H3. The second kappa shape index (κ2) is 3.74. The largest absolute Gasteiger partial charge is 0.301 e. The van der Waals surface area contributed by atoms with E-state index in [2.05, 4.69) is 17.1 Å². The average Bonchev–Trinajstić information content (AvgIpc) is 2.68. The molecule has 1 fully saturated rings. The first-order chi connectivity index (χ1) is 6.61. The van der Waals surface area contributed by atoms with Gasteiger partial charge in [-0.15, -0.1) is 10.2 Å². The molecule has 78 valence electrons. The molecule has 0 N–H and O–H groups in total. The second-order valence-corrected chi connectivity index (χ2v) is 6.02. The van der Waals surface area contributed by atoms with Crippen LogP contribution in [-0.2, 0) is 6.54 Å². The van der Waals surface area contributed by atoms with Crippen molar-refractivity contribution >= 4 is 23.4 Å². The fraction of sp³-hybridized carbons (Fsp3) is 0.778. The highest BCUT2D eigenvalue weighted by Gasteiger charge is 2.31. The summed E-state index contributed by atoms with van der Waals surface area (Å²) in [7, 11) is 0. The SMILES string of the molecule is Cc1nnc(Cl)n1CC1(C)CCCS1. The Morgan fingerprint density at radius 3 is 2.86 bits per heavy atom. The first-order valence-electron chi connectivity index (χ1n) is 4.80. The van der Waals surface area contributed by atoms with E-state index in [4.69, 9.17) is 11.6 Å². The molecule has 1 aliphatic heterocycles. The van der Waals surface area contributed by atoms with Crippen molar-refractivity contribution in [2.75, 3.05) is 5.75 Å². The van der Waals surface area contributed by atoms with Gasteiger partial charge in [0.2, 0.25) is 5.28 Å². The molecule has 5 heteroatoms. The molecule has 0 radical (unpaired) electrons. The number of thioether (sulfide) groups is 1. The van der Waals surface area contributed by atoms with Crippen molar-refractivity contribution in [2.24, 2.45) is 0 Å². The highest BCUT2D eigenvalue weighted by Crippen LogP contribution is 2.39. The maximum atomic E-state index is 5.97. The van der Waals surface area contributed by atoms with Crippen LogP contribution >= 0.6 is 23.4 Å². The maximum absolute atomic E-state index is 5.97. The molecule has 0 saturated carbocycles. The van der Waals surface area contributed by atoms with Crippen LogP contribution in [0.5, 0.6) is 0 Å². The topological polar surface area (TPSA) is 30.7 Å². The first kappa shape index (κ1) is 10.3. The number of hydrogen-bond acceptors (Lipinski definition) is 3. The van der Waals surface area contributed by atoms with Gasteiger partial charge in [0.25, 0.3) is 0 Å². The molecule has 0 aliphatic carbocycles. The highest BCUT2D eigenvalue weighted by atomic mass is 35.5. The molecular weight excluding hydrogens is 218 g/mol. The van der Waals surface area contributed by atoms with Crippen molar-refractivity contribution in [3.63, 3.8) is 0 Å². The maximum Gasteiger partial charge on any atom is 0.225 e. The van der Waals surface area contributed by atoms with Gasteiger partial charge in [0.15, 0.2) is 0 Å². The van der Waals surface area contributed by atoms with Crippen molar-refractivity contribution in [3.05, 3.63) is 11.1 Å². The van der Waals surface area contributed by atoms with Crippen LogP contribution in [0.15, 0.2) is 0 Å². The summed E-state index contributed by atoms with van der Waals surface area (Å²) in [5.74, 6) is 2.17. The van der Waals surface area contributed by atoms with Crippen molar-refractivity contribution < 1.29 is 0 Å². The molecular formula is C9H14ClN3S. The van der Waals surface area contributed by atoms with Gasteiger partial charge in [0.1, 0.15) is 5.82 Å². The normalized spacial score (nSPS) is 27.1. The van der Waals surface area contributed by atoms with E-state index in [9.17, 15) is 0 Å². The summed E-state index contributed by atoms with van der Waals surface area (Å²) in [6.07, 6.45) is 2.56. The van der Waals surface area contributed by atoms with Crippen LogP contribution < -0.4 is 0 Å². The number of hydrogen-bond donors (Lipinski definition) is 0. The lowest BCUT2D eigenvalue weighted by atomic mass is 10.1. The van der Waals surface area contributed by atoms with E-state index < -0.39 is 0 Å². The summed E-state index contributed by atoms with van der Waals surface area (Å²) in [6.45, 7) is 5.16. The van der Waals surface area contributed by atoms with Gasteiger partial charge in [-0.25, -0.2) is 0 Å². The Bertz CT molecular complexity index is 311. The molecule has 0 amide bonds. The van der Waals surface area contributed by atoms with Gasteiger partial charge < -0.3 is 4.57 Å². The van der Waals surface area contributed by atoms with Crippen LogP contribution in [0.4, 0.5) is 0 Å². The summed E-state index contributed by atoms with van der Waals surface area (Å²) in [5.41, 5.74) is 0. The van der Waals surface area contributed by atoms with E-state index in [1.54, 1.807) is 0 Å². The number of rotatable bonds is 2. The van der Waals surface area contributed by atoms with Gasteiger partial charge in [-0.3, -0.25) is 0 Å². The molecule has 0 spiro atoms. The number of aryl methyl sites for hydroxylation is 1. The zero-order valence-corrected chi connectivity index (χ0v) is 10.0. The van der Waals surface area contributed by atoms with Gasteiger partial charge >= 0.3 is 0 Å². The molecule has 1 saturated heterocycles. The minimum atomic E-state index is 0.316.